The lowest BCUT2D eigenvalue weighted by molar-refractivity contribution is 0.0855. The lowest BCUT2D eigenvalue weighted by Crippen LogP contribution is -2.58. The first-order valence-electron chi connectivity index (χ1n) is 8.83. The van der Waals surface area contributed by atoms with Crippen LogP contribution in [0.1, 0.15) is 59.8 Å². The monoisotopic (exact) mass is 328 g/mol. The molecule has 0 bridgehead atoms. The summed E-state index contributed by atoms with van der Waals surface area (Å²) in [7, 11) is 0. The first kappa shape index (κ1) is 17.0. The van der Waals surface area contributed by atoms with Gasteiger partial charge < -0.3 is 14.6 Å². The summed E-state index contributed by atoms with van der Waals surface area (Å²) in [5, 5.41) is 3.70. The quantitative estimate of drug-likeness (QED) is 0.778. The molecule has 0 amide bonds. The van der Waals surface area contributed by atoms with Crippen LogP contribution in [0.25, 0.3) is 0 Å². The van der Waals surface area contributed by atoms with Gasteiger partial charge in [0.2, 0.25) is 0 Å². The van der Waals surface area contributed by atoms with Crippen molar-refractivity contribution in [2.24, 2.45) is 11.3 Å². The van der Waals surface area contributed by atoms with Crippen molar-refractivity contribution in [2.45, 2.75) is 82.7 Å². The summed E-state index contributed by atoms with van der Waals surface area (Å²) in [4.78, 5) is 0. The van der Waals surface area contributed by atoms with Crippen molar-refractivity contribution in [1.82, 2.24) is 10.0 Å². The van der Waals surface area contributed by atoms with E-state index in [-0.39, 0.29) is 22.3 Å². The van der Waals surface area contributed by atoms with Crippen molar-refractivity contribution in [1.29, 1.82) is 0 Å². The van der Waals surface area contributed by atoms with Crippen LogP contribution in [0.5, 0.6) is 0 Å². The van der Waals surface area contributed by atoms with Gasteiger partial charge in [0, 0.05) is 22.8 Å². The fraction of sp³-hybridized carbons (Fsp3) is 1.00. The van der Waals surface area contributed by atoms with Crippen molar-refractivity contribution < 1.29 is 9.29 Å². The zero-order valence-corrected chi connectivity index (χ0v) is 15.3. The van der Waals surface area contributed by atoms with E-state index >= 15 is 0 Å². The zero-order chi connectivity index (χ0) is 16.0. The van der Waals surface area contributed by atoms with Crippen LogP contribution in [0.15, 0.2) is 0 Å². The maximum atomic E-state index is 12.6. The molecule has 1 saturated carbocycles. The van der Waals surface area contributed by atoms with Gasteiger partial charge in [0.25, 0.3) is 0 Å². The Kier molecular flexibility index (Phi) is 4.83. The van der Waals surface area contributed by atoms with Gasteiger partial charge in [-0.1, -0.05) is 12.8 Å². The van der Waals surface area contributed by atoms with Crippen LogP contribution in [0.4, 0.5) is 0 Å². The molecule has 1 aliphatic carbocycles. The number of ether oxygens (including phenoxy) is 1. The maximum Gasteiger partial charge on any atom is 0.136 e. The molecule has 0 aromatic heterocycles. The van der Waals surface area contributed by atoms with E-state index in [1.165, 1.54) is 19.3 Å². The fourth-order valence-electron chi connectivity index (χ4n) is 4.02. The Morgan fingerprint density at radius 1 is 1.36 bits per heavy atom. The summed E-state index contributed by atoms with van der Waals surface area (Å²) in [6.07, 6.45) is 6.56. The molecule has 2 aliphatic heterocycles. The van der Waals surface area contributed by atoms with E-state index in [1.807, 2.05) is 20.8 Å². The first-order chi connectivity index (χ1) is 10.3. The van der Waals surface area contributed by atoms with E-state index in [0.29, 0.717) is 6.04 Å². The van der Waals surface area contributed by atoms with Gasteiger partial charge in [-0.25, -0.2) is 0 Å². The second-order valence-corrected chi connectivity index (χ2v) is 10.6. The van der Waals surface area contributed by atoms with Crippen LogP contribution >= 0.6 is 0 Å². The topological polar surface area (TPSA) is 56.3 Å². The van der Waals surface area contributed by atoms with Crippen molar-refractivity contribution >= 4 is 11.4 Å². The molecule has 128 valence electrons. The minimum Gasteiger partial charge on any atom is -0.598 e. The molecule has 2 saturated heterocycles. The zero-order valence-electron chi connectivity index (χ0n) is 14.5. The average Bonchev–Trinajstić information content (AvgIpc) is 3.20. The van der Waals surface area contributed by atoms with E-state index in [4.69, 9.17) is 4.74 Å². The molecule has 0 aromatic carbocycles. The summed E-state index contributed by atoms with van der Waals surface area (Å²) in [6, 6.07) is 0.818. The summed E-state index contributed by atoms with van der Waals surface area (Å²) in [5.74, 6) is 0.947. The summed E-state index contributed by atoms with van der Waals surface area (Å²) in [6.45, 7) is 10.1. The predicted molar refractivity (Wildman–Crippen MR) is 91.0 cm³/mol. The van der Waals surface area contributed by atoms with Crippen molar-refractivity contribution in [3.8, 4) is 0 Å². The average molecular weight is 329 g/mol. The highest BCUT2D eigenvalue weighted by Gasteiger charge is 2.53. The Morgan fingerprint density at radius 2 is 2.09 bits per heavy atom. The highest BCUT2D eigenvalue weighted by atomic mass is 32.2. The van der Waals surface area contributed by atoms with Crippen LogP contribution in [0, 0.1) is 11.3 Å². The molecule has 3 rings (SSSR count). The molecule has 1 spiro atoms. The molecule has 3 fully saturated rings. The van der Waals surface area contributed by atoms with E-state index in [0.717, 1.165) is 31.9 Å². The molecule has 3 aliphatic rings. The van der Waals surface area contributed by atoms with E-state index in [9.17, 15) is 4.55 Å². The summed E-state index contributed by atoms with van der Waals surface area (Å²) in [5.41, 5.74) is 0.158. The van der Waals surface area contributed by atoms with E-state index in [1.54, 1.807) is 0 Å². The normalized spacial score (nSPS) is 41.0. The van der Waals surface area contributed by atoms with Crippen LogP contribution in [0.3, 0.4) is 0 Å². The Bertz CT molecular complexity index is 393. The molecule has 0 aromatic rings. The summed E-state index contributed by atoms with van der Waals surface area (Å²) >= 11 is -1.04. The Balaban J connectivity index is 1.69. The number of hydrogen-bond acceptors (Lipinski definition) is 4. The van der Waals surface area contributed by atoms with E-state index in [2.05, 4.69) is 17.0 Å². The van der Waals surface area contributed by atoms with Crippen LogP contribution in [-0.4, -0.2) is 40.6 Å². The van der Waals surface area contributed by atoms with Gasteiger partial charge in [0.15, 0.2) is 0 Å². The highest BCUT2D eigenvalue weighted by molar-refractivity contribution is 7.90. The third-order valence-electron chi connectivity index (χ3n) is 5.58. The molecule has 22 heavy (non-hydrogen) atoms. The Hall–Kier alpha value is 0.190. The number of hydrogen-bond donors (Lipinski definition) is 2. The Labute approximate surface area is 138 Å². The fourth-order valence-corrected chi connectivity index (χ4v) is 5.05. The molecule has 2 N–H and O–H groups in total. The van der Waals surface area contributed by atoms with Crippen LogP contribution < -0.4 is 10.0 Å². The molecule has 5 heteroatoms. The van der Waals surface area contributed by atoms with Gasteiger partial charge in [0.05, 0.1) is 18.8 Å². The molecule has 0 radical (unpaired) electrons. The maximum absolute atomic E-state index is 12.6. The lowest BCUT2D eigenvalue weighted by atomic mass is 9.71. The van der Waals surface area contributed by atoms with Gasteiger partial charge in [0.1, 0.15) is 4.75 Å². The van der Waals surface area contributed by atoms with Gasteiger partial charge >= 0.3 is 0 Å². The second-order valence-electron chi connectivity index (χ2n) is 8.64. The summed E-state index contributed by atoms with van der Waals surface area (Å²) < 4.78 is 21.8. The third-order valence-corrected chi connectivity index (χ3v) is 7.16. The molecule has 4 nitrogen and oxygen atoms in total. The van der Waals surface area contributed by atoms with Gasteiger partial charge in [-0.3, -0.25) is 0 Å². The SMILES string of the molecule is C[C@@H]1OCC2(CCNC(CC3CC3)C2)[C@@H]1N[S+]([O-])C(C)(C)C. The molecular formula is C17H32N2O2S. The van der Waals surface area contributed by atoms with Crippen molar-refractivity contribution in [3.05, 3.63) is 0 Å². The molecular weight excluding hydrogens is 296 g/mol. The Morgan fingerprint density at radius 3 is 2.73 bits per heavy atom. The molecule has 2 heterocycles. The number of piperidine rings is 1. The smallest absolute Gasteiger partial charge is 0.136 e. The molecule has 5 atom stereocenters. The van der Waals surface area contributed by atoms with Crippen LogP contribution in [-0.2, 0) is 16.1 Å². The van der Waals surface area contributed by atoms with Gasteiger partial charge in [-0.15, -0.1) is 4.72 Å². The van der Waals surface area contributed by atoms with Gasteiger partial charge in [-0.2, -0.15) is 0 Å². The lowest BCUT2D eigenvalue weighted by Gasteiger charge is -2.43. The minimum atomic E-state index is -1.04. The standard InChI is InChI=1S/C17H32N2O2S/c1-12-15(19-22(20)16(2,3)4)17(11-21-12)7-8-18-14(10-17)9-13-5-6-13/h12-15,18-19H,5-11H2,1-4H3/t12-,14?,15+,17?,22?/m0/s1. The van der Waals surface area contributed by atoms with Crippen LogP contribution in [0.2, 0.25) is 0 Å². The predicted octanol–water partition coefficient (Wildman–Crippen LogP) is 2.36. The van der Waals surface area contributed by atoms with Gasteiger partial charge in [-0.05, 0) is 59.4 Å². The third kappa shape index (κ3) is 3.64. The number of nitrogens with one attached hydrogen (secondary N) is 2. The van der Waals surface area contributed by atoms with Crippen molar-refractivity contribution in [2.75, 3.05) is 13.2 Å². The second kappa shape index (κ2) is 6.25. The number of rotatable bonds is 4. The van der Waals surface area contributed by atoms with Crippen molar-refractivity contribution in [3.63, 3.8) is 0 Å². The first-order valence-corrected chi connectivity index (χ1v) is 9.98. The molecule has 3 unspecified atom stereocenters. The minimum absolute atomic E-state index is 0.144. The van der Waals surface area contributed by atoms with E-state index < -0.39 is 11.4 Å². The largest absolute Gasteiger partial charge is 0.598 e. The highest BCUT2D eigenvalue weighted by Crippen LogP contribution is 2.45.